The van der Waals surface area contributed by atoms with Crippen LogP contribution in [0.4, 0.5) is 17.6 Å². The summed E-state index contributed by atoms with van der Waals surface area (Å²) in [5.74, 6) is -0.246. The molecule has 2 aromatic carbocycles. The van der Waals surface area contributed by atoms with E-state index in [1.54, 1.807) is 12.1 Å². The van der Waals surface area contributed by atoms with Gasteiger partial charge in [-0.25, -0.2) is 4.39 Å². The Labute approximate surface area is 149 Å². The predicted molar refractivity (Wildman–Crippen MR) is 90.2 cm³/mol. The maximum Gasteiger partial charge on any atom is 0.416 e. The van der Waals surface area contributed by atoms with E-state index in [0.29, 0.717) is 11.1 Å². The molecule has 0 radical (unpaired) electrons. The SMILES string of the molecule is CCC(CO)NCc1ccc(OCc2cccc(C(F)(F)F)c2)cc1F. The van der Waals surface area contributed by atoms with Gasteiger partial charge in [0.15, 0.2) is 0 Å². The van der Waals surface area contributed by atoms with Crippen molar-refractivity contribution in [2.24, 2.45) is 0 Å². The normalized spacial score (nSPS) is 12.8. The van der Waals surface area contributed by atoms with E-state index in [2.05, 4.69) is 5.32 Å². The topological polar surface area (TPSA) is 41.5 Å². The van der Waals surface area contributed by atoms with Crippen molar-refractivity contribution in [2.45, 2.75) is 38.7 Å². The first-order valence-corrected chi connectivity index (χ1v) is 8.25. The quantitative estimate of drug-likeness (QED) is 0.681. The lowest BCUT2D eigenvalue weighted by molar-refractivity contribution is -0.137. The van der Waals surface area contributed by atoms with Gasteiger partial charge in [0.2, 0.25) is 0 Å². The summed E-state index contributed by atoms with van der Waals surface area (Å²) in [6.45, 7) is 2.05. The number of benzene rings is 2. The third kappa shape index (κ3) is 5.71. The molecule has 0 heterocycles. The Hall–Kier alpha value is -2.12. The third-order valence-corrected chi connectivity index (χ3v) is 3.98. The molecule has 0 aliphatic rings. The van der Waals surface area contributed by atoms with Gasteiger partial charge in [0, 0.05) is 24.2 Å². The fourth-order valence-electron chi connectivity index (χ4n) is 2.36. The molecule has 0 aliphatic heterocycles. The van der Waals surface area contributed by atoms with E-state index < -0.39 is 17.6 Å². The molecule has 3 nitrogen and oxygen atoms in total. The Morgan fingerprint density at radius 3 is 2.54 bits per heavy atom. The van der Waals surface area contributed by atoms with E-state index in [1.807, 2.05) is 6.92 Å². The summed E-state index contributed by atoms with van der Waals surface area (Å²) in [6, 6.07) is 9.03. The molecule has 2 aromatic rings. The van der Waals surface area contributed by atoms with E-state index in [1.165, 1.54) is 18.2 Å². The average Bonchev–Trinajstić information content (AvgIpc) is 2.61. The molecule has 0 saturated carbocycles. The largest absolute Gasteiger partial charge is 0.489 e. The van der Waals surface area contributed by atoms with E-state index in [9.17, 15) is 17.6 Å². The summed E-state index contributed by atoms with van der Waals surface area (Å²) in [6.07, 6.45) is -3.70. The minimum absolute atomic E-state index is 0.0314. The van der Waals surface area contributed by atoms with Crippen LogP contribution >= 0.6 is 0 Å². The van der Waals surface area contributed by atoms with Gasteiger partial charge in [-0.15, -0.1) is 0 Å². The number of alkyl halides is 3. The molecular weight excluding hydrogens is 350 g/mol. The van der Waals surface area contributed by atoms with Crippen molar-refractivity contribution in [1.82, 2.24) is 5.32 Å². The molecule has 2 rings (SSSR count). The van der Waals surface area contributed by atoms with Crippen LogP contribution in [0.2, 0.25) is 0 Å². The smallest absolute Gasteiger partial charge is 0.416 e. The Balaban J connectivity index is 1.97. The molecular formula is C19H21F4NO2. The fourth-order valence-corrected chi connectivity index (χ4v) is 2.36. The van der Waals surface area contributed by atoms with Crippen LogP contribution in [0.25, 0.3) is 0 Å². The molecule has 0 amide bonds. The van der Waals surface area contributed by atoms with Gasteiger partial charge in [0.25, 0.3) is 0 Å². The second-order valence-electron chi connectivity index (χ2n) is 5.91. The van der Waals surface area contributed by atoms with E-state index in [0.717, 1.165) is 18.6 Å². The first-order valence-electron chi connectivity index (χ1n) is 8.25. The van der Waals surface area contributed by atoms with Crippen molar-refractivity contribution in [3.63, 3.8) is 0 Å². The van der Waals surface area contributed by atoms with Crippen LogP contribution in [0.15, 0.2) is 42.5 Å². The van der Waals surface area contributed by atoms with E-state index in [-0.39, 0.29) is 31.5 Å². The Morgan fingerprint density at radius 1 is 1.15 bits per heavy atom. The molecule has 0 aliphatic carbocycles. The highest BCUT2D eigenvalue weighted by molar-refractivity contribution is 5.30. The van der Waals surface area contributed by atoms with Gasteiger partial charge in [0.1, 0.15) is 18.2 Å². The highest BCUT2D eigenvalue weighted by Gasteiger charge is 2.30. The standard InChI is InChI=1S/C19H21F4NO2/c1-2-16(11-25)24-10-14-6-7-17(9-18(14)20)26-12-13-4-3-5-15(8-13)19(21,22)23/h3-9,16,24-25H,2,10-12H2,1H3. The molecule has 0 saturated heterocycles. The minimum Gasteiger partial charge on any atom is -0.489 e. The molecule has 2 N–H and O–H groups in total. The number of halogens is 4. The lowest BCUT2D eigenvalue weighted by atomic mass is 10.1. The molecule has 0 aromatic heterocycles. The van der Waals surface area contributed by atoms with Crippen LogP contribution in [0.3, 0.4) is 0 Å². The van der Waals surface area contributed by atoms with E-state index in [4.69, 9.17) is 9.84 Å². The Bertz CT molecular complexity index is 715. The van der Waals surface area contributed by atoms with Crippen molar-refractivity contribution in [1.29, 1.82) is 0 Å². The van der Waals surface area contributed by atoms with Gasteiger partial charge in [0.05, 0.1) is 12.2 Å². The number of nitrogens with one attached hydrogen (secondary N) is 1. The van der Waals surface area contributed by atoms with Crippen LogP contribution < -0.4 is 10.1 Å². The first kappa shape index (κ1) is 20.2. The maximum absolute atomic E-state index is 14.1. The summed E-state index contributed by atoms with van der Waals surface area (Å²) >= 11 is 0. The molecule has 0 spiro atoms. The van der Waals surface area contributed by atoms with Gasteiger partial charge in [-0.3, -0.25) is 0 Å². The number of rotatable bonds is 8. The molecule has 26 heavy (non-hydrogen) atoms. The number of hydrogen-bond donors (Lipinski definition) is 2. The second-order valence-corrected chi connectivity index (χ2v) is 5.91. The van der Waals surface area contributed by atoms with E-state index >= 15 is 0 Å². The van der Waals surface area contributed by atoms with Gasteiger partial charge in [-0.2, -0.15) is 13.2 Å². The van der Waals surface area contributed by atoms with Crippen molar-refractivity contribution in [3.05, 3.63) is 65.0 Å². The zero-order valence-corrected chi connectivity index (χ0v) is 14.3. The van der Waals surface area contributed by atoms with Crippen LogP contribution in [0.1, 0.15) is 30.0 Å². The van der Waals surface area contributed by atoms with Gasteiger partial charge in [-0.1, -0.05) is 25.1 Å². The van der Waals surface area contributed by atoms with Crippen LogP contribution in [-0.4, -0.2) is 17.8 Å². The van der Waals surface area contributed by atoms with Crippen LogP contribution in [0.5, 0.6) is 5.75 Å². The van der Waals surface area contributed by atoms with Crippen LogP contribution in [0, 0.1) is 5.82 Å². The lowest BCUT2D eigenvalue weighted by Gasteiger charge is -2.15. The maximum atomic E-state index is 14.1. The molecule has 7 heteroatoms. The second kappa shape index (κ2) is 9.00. The number of aliphatic hydroxyl groups is 1. The molecule has 0 bridgehead atoms. The summed E-state index contributed by atoms with van der Waals surface area (Å²) in [5, 5.41) is 12.2. The molecule has 0 fully saturated rings. The zero-order chi connectivity index (χ0) is 19.2. The molecule has 1 atom stereocenters. The number of aliphatic hydroxyl groups excluding tert-OH is 1. The van der Waals surface area contributed by atoms with Crippen LogP contribution in [-0.2, 0) is 19.3 Å². The summed E-state index contributed by atoms with van der Waals surface area (Å²) in [4.78, 5) is 0. The summed E-state index contributed by atoms with van der Waals surface area (Å²) < 4.78 is 57.6. The Kier molecular flexibility index (Phi) is 6.99. The fraction of sp³-hybridized carbons (Fsp3) is 0.368. The summed E-state index contributed by atoms with van der Waals surface area (Å²) in [7, 11) is 0. The third-order valence-electron chi connectivity index (χ3n) is 3.98. The van der Waals surface area contributed by atoms with Crippen molar-refractivity contribution >= 4 is 0 Å². The number of hydrogen-bond acceptors (Lipinski definition) is 3. The van der Waals surface area contributed by atoms with Crippen molar-refractivity contribution in [2.75, 3.05) is 6.61 Å². The summed E-state index contributed by atoms with van der Waals surface area (Å²) in [5.41, 5.74) is 0.0172. The first-order chi connectivity index (χ1) is 12.3. The van der Waals surface area contributed by atoms with Crippen molar-refractivity contribution in [3.8, 4) is 5.75 Å². The lowest BCUT2D eigenvalue weighted by Crippen LogP contribution is -2.31. The Morgan fingerprint density at radius 2 is 1.92 bits per heavy atom. The van der Waals surface area contributed by atoms with Gasteiger partial charge >= 0.3 is 6.18 Å². The molecule has 142 valence electrons. The average molecular weight is 371 g/mol. The number of ether oxygens (including phenoxy) is 1. The van der Waals surface area contributed by atoms with Crippen molar-refractivity contribution < 1.29 is 27.4 Å². The highest BCUT2D eigenvalue weighted by atomic mass is 19.4. The van der Waals surface area contributed by atoms with Gasteiger partial charge in [-0.05, 0) is 30.2 Å². The monoisotopic (exact) mass is 371 g/mol. The minimum atomic E-state index is -4.41. The van der Waals surface area contributed by atoms with Gasteiger partial charge < -0.3 is 15.2 Å². The zero-order valence-electron chi connectivity index (χ0n) is 14.3. The predicted octanol–water partition coefficient (Wildman–Crippen LogP) is 4.28. The highest BCUT2D eigenvalue weighted by Crippen LogP contribution is 2.29. The molecule has 1 unspecified atom stereocenters.